The number of aryl methyl sites for hydroxylation is 1. The largest absolute Gasteiger partial charge is 0.326 e. The molecule has 2 rings (SSSR count). The summed E-state index contributed by atoms with van der Waals surface area (Å²) >= 11 is 0. The van der Waals surface area contributed by atoms with E-state index in [4.69, 9.17) is 5.73 Å². The van der Waals surface area contributed by atoms with Gasteiger partial charge in [-0.15, -0.1) is 0 Å². The zero-order valence-electron chi connectivity index (χ0n) is 12.1. The van der Waals surface area contributed by atoms with Gasteiger partial charge in [0.05, 0.1) is 11.8 Å². The molecule has 0 radical (unpaired) electrons. The van der Waals surface area contributed by atoms with Crippen LogP contribution in [-0.2, 0) is 13.6 Å². The number of hydrogen-bond donors (Lipinski definition) is 1. The summed E-state index contributed by atoms with van der Waals surface area (Å²) in [5.41, 5.74) is 8.10. The second-order valence-electron chi connectivity index (χ2n) is 5.04. The van der Waals surface area contributed by atoms with Crippen molar-refractivity contribution >= 4 is 11.6 Å². The van der Waals surface area contributed by atoms with Gasteiger partial charge in [0.1, 0.15) is 0 Å². The maximum Gasteiger partial charge on any atom is 0.261 e. The fourth-order valence-corrected chi connectivity index (χ4v) is 2.11. The summed E-state index contributed by atoms with van der Waals surface area (Å²) in [5, 5.41) is 4.05. The highest BCUT2D eigenvalue weighted by Gasteiger charge is 2.21. The lowest BCUT2D eigenvalue weighted by Crippen LogP contribution is -2.36. The Labute approximate surface area is 119 Å². The number of amides is 1. The van der Waals surface area contributed by atoms with Crippen molar-refractivity contribution in [2.45, 2.75) is 26.4 Å². The van der Waals surface area contributed by atoms with E-state index < -0.39 is 0 Å². The minimum absolute atomic E-state index is 0.0476. The Morgan fingerprint density at radius 1 is 1.35 bits per heavy atom. The molecule has 0 bridgehead atoms. The first kappa shape index (κ1) is 14.3. The molecule has 0 unspecified atom stereocenters. The van der Waals surface area contributed by atoms with Gasteiger partial charge in [-0.1, -0.05) is 12.1 Å². The molecule has 20 heavy (non-hydrogen) atoms. The maximum atomic E-state index is 12.6. The van der Waals surface area contributed by atoms with Gasteiger partial charge in [0.2, 0.25) is 0 Å². The summed E-state index contributed by atoms with van der Waals surface area (Å²) in [4.78, 5) is 14.4. The predicted octanol–water partition coefficient (Wildman–Crippen LogP) is 1.93. The molecule has 1 heterocycles. The molecule has 1 amide bonds. The molecule has 2 aromatic rings. The van der Waals surface area contributed by atoms with Crippen molar-refractivity contribution in [1.29, 1.82) is 0 Å². The zero-order valence-corrected chi connectivity index (χ0v) is 12.1. The fourth-order valence-electron chi connectivity index (χ4n) is 2.11. The van der Waals surface area contributed by atoms with Crippen LogP contribution >= 0.6 is 0 Å². The molecule has 2 N–H and O–H groups in total. The van der Waals surface area contributed by atoms with Gasteiger partial charge >= 0.3 is 0 Å². The van der Waals surface area contributed by atoms with Crippen LogP contribution in [0.5, 0.6) is 0 Å². The highest BCUT2D eigenvalue weighted by Crippen LogP contribution is 2.20. The molecule has 106 valence electrons. The van der Waals surface area contributed by atoms with Crippen LogP contribution in [-0.4, -0.2) is 21.7 Å². The Balaban J connectivity index is 2.33. The molecule has 5 nitrogen and oxygen atoms in total. The van der Waals surface area contributed by atoms with Crippen LogP contribution in [0.1, 0.15) is 29.8 Å². The molecule has 0 fully saturated rings. The first-order valence-electron chi connectivity index (χ1n) is 6.64. The lowest BCUT2D eigenvalue weighted by molar-refractivity contribution is 0.0980. The summed E-state index contributed by atoms with van der Waals surface area (Å²) in [7, 11) is 1.80. The first-order chi connectivity index (χ1) is 9.52. The number of nitrogens with two attached hydrogens (primary N) is 1. The molecule has 0 saturated carbocycles. The van der Waals surface area contributed by atoms with Gasteiger partial charge in [0, 0.05) is 31.5 Å². The van der Waals surface area contributed by atoms with Gasteiger partial charge in [0.15, 0.2) is 0 Å². The van der Waals surface area contributed by atoms with E-state index >= 15 is 0 Å². The van der Waals surface area contributed by atoms with Gasteiger partial charge in [-0.05, 0) is 31.5 Å². The SMILES string of the molecule is CC(C)N(C(=O)c1cnn(C)c1)c1ccc(CN)cc1. The molecule has 1 aromatic carbocycles. The Bertz CT molecular complexity index is 586. The van der Waals surface area contributed by atoms with Gasteiger partial charge in [0.25, 0.3) is 5.91 Å². The summed E-state index contributed by atoms with van der Waals surface area (Å²) < 4.78 is 1.63. The van der Waals surface area contributed by atoms with E-state index in [9.17, 15) is 4.79 Å². The predicted molar refractivity (Wildman–Crippen MR) is 79.5 cm³/mol. The summed E-state index contributed by atoms with van der Waals surface area (Å²) in [6, 6.07) is 7.81. The van der Waals surface area contributed by atoms with Crippen molar-refractivity contribution in [3.05, 3.63) is 47.8 Å². The molecule has 0 aliphatic heterocycles. The van der Waals surface area contributed by atoms with E-state index in [1.165, 1.54) is 0 Å². The molecular formula is C15H20N4O. The van der Waals surface area contributed by atoms with Gasteiger partial charge in [-0.2, -0.15) is 5.10 Å². The van der Waals surface area contributed by atoms with E-state index in [0.29, 0.717) is 12.1 Å². The van der Waals surface area contributed by atoms with Crippen molar-refractivity contribution in [2.75, 3.05) is 4.90 Å². The summed E-state index contributed by atoms with van der Waals surface area (Å²) in [5.74, 6) is -0.0476. The minimum atomic E-state index is -0.0476. The van der Waals surface area contributed by atoms with Crippen molar-refractivity contribution in [3.63, 3.8) is 0 Å². The van der Waals surface area contributed by atoms with Crippen LogP contribution in [0.25, 0.3) is 0 Å². The lowest BCUT2D eigenvalue weighted by atomic mass is 10.1. The number of anilines is 1. The van der Waals surface area contributed by atoms with Crippen molar-refractivity contribution in [3.8, 4) is 0 Å². The Kier molecular flexibility index (Phi) is 4.20. The van der Waals surface area contributed by atoms with Gasteiger partial charge < -0.3 is 10.6 Å². The number of hydrogen-bond acceptors (Lipinski definition) is 3. The zero-order chi connectivity index (χ0) is 14.7. The normalized spacial score (nSPS) is 10.8. The molecular weight excluding hydrogens is 252 g/mol. The highest BCUT2D eigenvalue weighted by molar-refractivity contribution is 6.06. The average Bonchev–Trinajstić information content (AvgIpc) is 2.86. The lowest BCUT2D eigenvalue weighted by Gasteiger charge is -2.26. The molecule has 0 atom stereocenters. The third kappa shape index (κ3) is 2.88. The van der Waals surface area contributed by atoms with Crippen molar-refractivity contribution in [1.82, 2.24) is 9.78 Å². The van der Waals surface area contributed by atoms with E-state index in [-0.39, 0.29) is 11.9 Å². The quantitative estimate of drug-likeness (QED) is 0.925. The summed E-state index contributed by atoms with van der Waals surface area (Å²) in [6.07, 6.45) is 3.32. The van der Waals surface area contributed by atoms with E-state index in [1.54, 1.807) is 29.0 Å². The Morgan fingerprint density at radius 3 is 2.45 bits per heavy atom. The second-order valence-corrected chi connectivity index (χ2v) is 5.04. The monoisotopic (exact) mass is 272 g/mol. The van der Waals surface area contributed by atoms with Crippen LogP contribution in [0.4, 0.5) is 5.69 Å². The first-order valence-corrected chi connectivity index (χ1v) is 6.64. The Morgan fingerprint density at radius 2 is 2.00 bits per heavy atom. The highest BCUT2D eigenvalue weighted by atomic mass is 16.2. The molecule has 1 aromatic heterocycles. The van der Waals surface area contributed by atoms with Gasteiger partial charge in [-0.25, -0.2) is 0 Å². The number of benzene rings is 1. The number of nitrogens with zero attached hydrogens (tertiary/aromatic N) is 3. The minimum Gasteiger partial charge on any atom is -0.326 e. The fraction of sp³-hybridized carbons (Fsp3) is 0.333. The van der Waals surface area contributed by atoms with Crippen molar-refractivity contribution < 1.29 is 4.79 Å². The van der Waals surface area contributed by atoms with Crippen LogP contribution in [0.3, 0.4) is 0 Å². The number of aromatic nitrogens is 2. The van der Waals surface area contributed by atoms with Crippen LogP contribution in [0, 0.1) is 0 Å². The smallest absolute Gasteiger partial charge is 0.261 e. The van der Waals surface area contributed by atoms with Crippen LogP contribution in [0.2, 0.25) is 0 Å². The molecule has 0 aliphatic rings. The van der Waals surface area contributed by atoms with Crippen molar-refractivity contribution in [2.24, 2.45) is 12.8 Å². The Hall–Kier alpha value is -2.14. The third-order valence-electron chi connectivity index (χ3n) is 3.14. The average molecular weight is 272 g/mol. The third-order valence-corrected chi connectivity index (χ3v) is 3.14. The second kappa shape index (κ2) is 5.88. The molecule has 0 aliphatic carbocycles. The number of carbonyl (C=O) groups is 1. The van der Waals surface area contributed by atoms with E-state index in [1.807, 2.05) is 38.1 Å². The topological polar surface area (TPSA) is 64.2 Å². The molecule has 0 spiro atoms. The van der Waals surface area contributed by atoms with E-state index in [0.717, 1.165) is 11.3 Å². The summed E-state index contributed by atoms with van der Waals surface area (Å²) in [6.45, 7) is 4.48. The van der Waals surface area contributed by atoms with Crippen LogP contribution < -0.4 is 10.6 Å². The van der Waals surface area contributed by atoms with Crippen LogP contribution in [0.15, 0.2) is 36.7 Å². The number of rotatable bonds is 4. The molecule has 5 heteroatoms. The maximum absolute atomic E-state index is 12.6. The number of carbonyl (C=O) groups excluding carboxylic acids is 1. The standard InChI is InChI=1S/C15H20N4O/c1-11(2)19(14-6-4-12(8-16)5-7-14)15(20)13-9-17-18(3)10-13/h4-7,9-11H,8,16H2,1-3H3. The van der Waals surface area contributed by atoms with Gasteiger partial charge in [-0.3, -0.25) is 9.48 Å². The molecule has 0 saturated heterocycles. The van der Waals surface area contributed by atoms with E-state index in [2.05, 4.69) is 5.10 Å².